The van der Waals surface area contributed by atoms with Crippen LogP contribution in [-0.4, -0.2) is 16.9 Å². The van der Waals surface area contributed by atoms with Gasteiger partial charge in [0.1, 0.15) is 5.82 Å². The summed E-state index contributed by atoms with van der Waals surface area (Å²) in [7, 11) is 0. The highest BCUT2D eigenvalue weighted by molar-refractivity contribution is 6.03. The van der Waals surface area contributed by atoms with Gasteiger partial charge in [-0.05, 0) is 30.2 Å². The molecule has 0 spiro atoms. The molecule has 1 aromatic carbocycles. The van der Waals surface area contributed by atoms with Crippen molar-refractivity contribution < 1.29 is 19.1 Å². The Balaban J connectivity index is 2.29. The third-order valence-corrected chi connectivity index (χ3v) is 2.59. The molecule has 78 valence electrons. The largest absolute Gasteiger partial charge is 0.481 e. The van der Waals surface area contributed by atoms with E-state index in [-0.39, 0.29) is 12.2 Å². The minimum atomic E-state index is -0.998. The van der Waals surface area contributed by atoms with Gasteiger partial charge in [0.2, 0.25) is 0 Å². The molecule has 0 heterocycles. The van der Waals surface area contributed by atoms with E-state index < -0.39 is 17.7 Å². The van der Waals surface area contributed by atoms with Crippen LogP contribution in [0.25, 0.3) is 0 Å². The number of ketones is 1. The summed E-state index contributed by atoms with van der Waals surface area (Å²) in [6.45, 7) is 0. The topological polar surface area (TPSA) is 54.4 Å². The third kappa shape index (κ3) is 1.75. The van der Waals surface area contributed by atoms with E-state index in [1.54, 1.807) is 0 Å². The van der Waals surface area contributed by atoms with Crippen molar-refractivity contribution in [3.63, 3.8) is 0 Å². The van der Waals surface area contributed by atoms with E-state index in [4.69, 9.17) is 5.11 Å². The lowest BCUT2D eigenvalue weighted by molar-refractivity contribution is -0.137. The molecule has 0 radical (unpaired) electrons. The molecule has 0 amide bonds. The Kier molecular flexibility index (Phi) is 2.26. The maximum absolute atomic E-state index is 12.9. The van der Waals surface area contributed by atoms with Crippen molar-refractivity contribution in [1.82, 2.24) is 0 Å². The average molecular weight is 208 g/mol. The predicted molar refractivity (Wildman–Crippen MR) is 50.2 cm³/mol. The van der Waals surface area contributed by atoms with Crippen molar-refractivity contribution in [2.24, 2.45) is 5.92 Å². The molecule has 15 heavy (non-hydrogen) atoms. The smallest absolute Gasteiger partial charge is 0.304 e. The van der Waals surface area contributed by atoms with Gasteiger partial charge in [-0.2, -0.15) is 0 Å². The number of aliphatic carboxylic acids is 1. The number of Topliss-reactive ketones (excluding diaryl/α,β-unsaturated/α-hetero) is 1. The van der Waals surface area contributed by atoms with Gasteiger partial charge in [0.05, 0.1) is 6.42 Å². The van der Waals surface area contributed by atoms with Crippen molar-refractivity contribution >= 4 is 11.8 Å². The maximum atomic E-state index is 12.9. The van der Waals surface area contributed by atoms with Crippen molar-refractivity contribution in [1.29, 1.82) is 0 Å². The fourth-order valence-electron chi connectivity index (χ4n) is 1.93. The summed E-state index contributed by atoms with van der Waals surface area (Å²) in [5.41, 5.74) is 1.08. The van der Waals surface area contributed by atoms with E-state index in [2.05, 4.69) is 0 Å². The molecular weight excluding hydrogens is 199 g/mol. The molecule has 0 fully saturated rings. The van der Waals surface area contributed by atoms with Gasteiger partial charge in [-0.3, -0.25) is 9.59 Å². The van der Waals surface area contributed by atoms with Crippen molar-refractivity contribution in [3.05, 3.63) is 35.1 Å². The van der Waals surface area contributed by atoms with Gasteiger partial charge in [-0.15, -0.1) is 0 Å². The molecule has 3 nitrogen and oxygen atoms in total. The van der Waals surface area contributed by atoms with Gasteiger partial charge >= 0.3 is 5.97 Å². The van der Waals surface area contributed by atoms with Crippen LogP contribution in [0, 0.1) is 11.7 Å². The summed E-state index contributed by atoms with van der Waals surface area (Å²) in [5.74, 6) is -2.11. The van der Waals surface area contributed by atoms with Gasteiger partial charge in [0.25, 0.3) is 0 Å². The molecule has 2 rings (SSSR count). The number of carboxylic acid groups (broad SMARTS) is 1. The number of fused-ring (bicyclic) bond motifs is 1. The number of carbonyl (C=O) groups is 2. The molecule has 0 saturated heterocycles. The Morgan fingerprint density at radius 1 is 1.53 bits per heavy atom. The zero-order valence-electron chi connectivity index (χ0n) is 7.87. The quantitative estimate of drug-likeness (QED) is 0.804. The molecule has 1 atom stereocenters. The van der Waals surface area contributed by atoms with Crippen LogP contribution < -0.4 is 0 Å². The lowest BCUT2D eigenvalue weighted by Gasteiger charge is -2.01. The van der Waals surface area contributed by atoms with Crippen LogP contribution in [0.2, 0.25) is 0 Å². The standard InChI is InChI=1S/C11H9FO3/c12-8-1-2-9-6(4-8)3-7(11(9)15)5-10(13)14/h1-2,4,7H,3,5H2,(H,13,14)/t7-/m0/s1. The first-order valence-corrected chi connectivity index (χ1v) is 4.62. The number of halogens is 1. The van der Waals surface area contributed by atoms with Gasteiger partial charge in [-0.25, -0.2) is 4.39 Å². The highest BCUT2D eigenvalue weighted by Gasteiger charge is 2.31. The molecular formula is C11H9FO3. The second-order valence-corrected chi connectivity index (χ2v) is 3.66. The SMILES string of the molecule is O=C(O)C[C@@H]1Cc2cc(F)ccc2C1=O. The van der Waals surface area contributed by atoms with Crippen molar-refractivity contribution in [2.75, 3.05) is 0 Å². The molecule has 1 N–H and O–H groups in total. The minimum Gasteiger partial charge on any atom is -0.481 e. The van der Waals surface area contributed by atoms with E-state index >= 15 is 0 Å². The molecule has 0 aliphatic heterocycles. The summed E-state index contributed by atoms with van der Waals surface area (Å²) >= 11 is 0. The number of carboxylic acids is 1. The lowest BCUT2D eigenvalue weighted by atomic mass is 10.0. The third-order valence-electron chi connectivity index (χ3n) is 2.59. The Morgan fingerprint density at radius 3 is 2.93 bits per heavy atom. The van der Waals surface area contributed by atoms with Crippen LogP contribution in [0.1, 0.15) is 22.3 Å². The lowest BCUT2D eigenvalue weighted by Crippen LogP contribution is -2.13. The summed E-state index contributed by atoms with van der Waals surface area (Å²) in [6, 6.07) is 3.95. The zero-order valence-corrected chi connectivity index (χ0v) is 7.87. The van der Waals surface area contributed by atoms with E-state index in [0.717, 1.165) is 0 Å². The summed E-state index contributed by atoms with van der Waals surface area (Å²) < 4.78 is 12.9. The normalized spacial score (nSPS) is 19.0. The molecule has 1 aliphatic carbocycles. The average Bonchev–Trinajstić information content (AvgIpc) is 2.42. The van der Waals surface area contributed by atoms with E-state index in [9.17, 15) is 14.0 Å². The van der Waals surface area contributed by atoms with Crippen LogP contribution >= 0.6 is 0 Å². The fraction of sp³-hybridized carbons (Fsp3) is 0.273. The monoisotopic (exact) mass is 208 g/mol. The first kappa shape index (κ1) is 9.83. The number of rotatable bonds is 2. The van der Waals surface area contributed by atoms with E-state index in [1.165, 1.54) is 18.2 Å². The molecule has 0 aromatic heterocycles. The van der Waals surface area contributed by atoms with E-state index in [1.807, 2.05) is 0 Å². The first-order chi connectivity index (χ1) is 7.08. The van der Waals surface area contributed by atoms with E-state index in [0.29, 0.717) is 17.5 Å². The fourth-order valence-corrected chi connectivity index (χ4v) is 1.93. The highest BCUT2D eigenvalue weighted by Crippen LogP contribution is 2.29. The van der Waals surface area contributed by atoms with Gasteiger partial charge in [-0.1, -0.05) is 0 Å². The zero-order chi connectivity index (χ0) is 11.0. The maximum Gasteiger partial charge on any atom is 0.304 e. The van der Waals surface area contributed by atoms with Gasteiger partial charge < -0.3 is 5.11 Å². The number of hydrogen-bond acceptors (Lipinski definition) is 2. The van der Waals surface area contributed by atoms with Gasteiger partial charge in [0.15, 0.2) is 5.78 Å². The molecule has 4 heteroatoms. The minimum absolute atomic E-state index is 0.185. The summed E-state index contributed by atoms with van der Waals surface area (Å²) in [6.07, 6.45) is 0.146. The highest BCUT2D eigenvalue weighted by atomic mass is 19.1. The van der Waals surface area contributed by atoms with Crippen LogP contribution in [0.3, 0.4) is 0 Å². The number of carbonyl (C=O) groups excluding carboxylic acids is 1. The molecule has 0 bridgehead atoms. The summed E-state index contributed by atoms with van der Waals surface area (Å²) in [5, 5.41) is 8.60. The Hall–Kier alpha value is -1.71. The Bertz CT molecular complexity index is 439. The first-order valence-electron chi connectivity index (χ1n) is 4.62. The summed E-state index contributed by atoms with van der Waals surface area (Å²) in [4.78, 5) is 22.2. The van der Waals surface area contributed by atoms with Gasteiger partial charge in [0, 0.05) is 11.5 Å². The van der Waals surface area contributed by atoms with Crippen LogP contribution in [0.5, 0.6) is 0 Å². The second-order valence-electron chi connectivity index (χ2n) is 3.66. The molecule has 1 aliphatic rings. The molecule has 0 unspecified atom stereocenters. The van der Waals surface area contributed by atoms with Crippen LogP contribution in [0.15, 0.2) is 18.2 Å². The predicted octanol–water partition coefficient (Wildman–Crippen LogP) is 1.66. The van der Waals surface area contributed by atoms with Crippen LogP contribution in [-0.2, 0) is 11.2 Å². The van der Waals surface area contributed by atoms with Crippen molar-refractivity contribution in [2.45, 2.75) is 12.8 Å². The van der Waals surface area contributed by atoms with Crippen LogP contribution in [0.4, 0.5) is 4.39 Å². The number of benzene rings is 1. The molecule has 0 saturated carbocycles. The Morgan fingerprint density at radius 2 is 2.27 bits per heavy atom. The van der Waals surface area contributed by atoms with Crippen molar-refractivity contribution in [3.8, 4) is 0 Å². The number of hydrogen-bond donors (Lipinski definition) is 1. The second kappa shape index (κ2) is 3.46. The molecule has 1 aromatic rings. The Labute approximate surface area is 85.5 Å².